The Balaban J connectivity index is 2.90. The van der Waals surface area contributed by atoms with Gasteiger partial charge in [-0.3, -0.25) is 0 Å². The van der Waals surface area contributed by atoms with Gasteiger partial charge < -0.3 is 5.32 Å². The molecule has 14 heavy (non-hydrogen) atoms. The maximum Gasteiger partial charge on any atom is 0.0583 e. The third-order valence-electron chi connectivity index (χ3n) is 2.61. The van der Waals surface area contributed by atoms with Crippen LogP contribution in [0.15, 0.2) is 17.7 Å². The highest BCUT2D eigenvalue weighted by Crippen LogP contribution is 2.31. The standard InChI is InChI=1S/C13H22N/c1-12(2,3)10-7-8-14-11(9-10)13(4,5)6/h7,9,11,14H,1-6H3. The topological polar surface area (TPSA) is 12.0 Å². The maximum atomic E-state index is 3.28. The smallest absolute Gasteiger partial charge is 0.0583 e. The molecule has 0 saturated heterocycles. The average molecular weight is 192 g/mol. The van der Waals surface area contributed by atoms with Gasteiger partial charge in [0.15, 0.2) is 0 Å². The van der Waals surface area contributed by atoms with E-state index in [0.29, 0.717) is 6.04 Å². The molecule has 1 atom stereocenters. The molecule has 1 rings (SSSR count). The first-order valence-electron chi connectivity index (χ1n) is 5.28. The van der Waals surface area contributed by atoms with Crippen molar-refractivity contribution in [3.05, 3.63) is 23.9 Å². The zero-order chi connectivity index (χ0) is 11.0. The lowest BCUT2D eigenvalue weighted by Gasteiger charge is -2.33. The Bertz CT molecular complexity index is 258. The summed E-state index contributed by atoms with van der Waals surface area (Å²) in [4.78, 5) is 0. The average Bonchev–Trinajstić information content (AvgIpc) is 2.01. The fourth-order valence-electron chi connectivity index (χ4n) is 1.41. The molecule has 0 spiro atoms. The molecule has 79 valence electrons. The Kier molecular flexibility index (Phi) is 2.80. The monoisotopic (exact) mass is 192 g/mol. The molecule has 0 aromatic rings. The van der Waals surface area contributed by atoms with Crippen molar-refractivity contribution in [1.29, 1.82) is 0 Å². The molecule has 0 aromatic carbocycles. The molecule has 1 heterocycles. The Hall–Kier alpha value is -0.720. The second kappa shape index (κ2) is 3.45. The predicted octanol–water partition coefficient (Wildman–Crippen LogP) is 3.29. The van der Waals surface area contributed by atoms with Gasteiger partial charge in [-0.15, -0.1) is 0 Å². The molecule has 0 saturated carbocycles. The van der Waals surface area contributed by atoms with Crippen molar-refractivity contribution in [3.63, 3.8) is 0 Å². The van der Waals surface area contributed by atoms with Gasteiger partial charge in [-0.1, -0.05) is 47.6 Å². The number of allylic oxidation sites excluding steroid dienone is 2. The van der Waals surface area contributed by atoms with Crippen molar-refractivity contribution in [2.75, 3.05) is 0 Å². The minimum Gasteiger partial charge on any atom is -0.377 e. The molecule has 1 unspecified atom stereocenters. The van der Waals surface area contributed by atoms with Crippen molar-refractivity contribution in [3.8, 4) is 0 Å². The second-order valence-corrected chi connectivity index (χ2v) is 6.15. The van der Waals surface area contributed by atoms with Gasteiger partial charge in [-0.2, -0.15) is 0 Å². The van der Waals surface area contributed by atoms with Gasteiger partial charge in [-0.25, -0.2) is 0 Å². The second-order valence-electron chi connectivity index (χ2n) is 6.15. The summed E-state index contributed by atoms with van der Waals surface area (Å²) in [6.07, 6.45) is 7.54. The van der Waals surface area contributed by atoms with E-state index in [9.17, 15) is 0 Å². The van der Waals surface area contributed by atoms with E-state index >= 15 is 0 Å². The summed E-state index contributed by atoms with van der Waals surface area (Å²) in [6.45, 7) is 13.4. The van der Waals surface area contributed by atoms with E-state index in [1.807, 2.05) is 0 Å². The van der Waals surface area contributed by atoms with E-state index in [0.717, 1.165) is 0 Å². The SMILES string of the molecule is CC(C)(C)C1=CC(C(C)(C)C)N[C]=C1. The summed E-state index contributed by atoms with van der Waals surface area (Å²) < 4.78 is 0. The van der Waals surface area contributed by atoms with E-state index in [4.69, 9.17) is 0 Å². The van der Waals surface area contributed by atoms with Gasteiger partial charge in [0.1, 0.15) is 0 Å². The zero-order valence-electron chi connectivity index (χ0n) is 10.2. The Morgan fingerprint density at radius 2 is 1.71 bits per heavy atom. The summed E-state index contributed by atoms with van der Waals surface area (Å²) in [5.74, 6) is 0. The van der Waals surface area contributed by atoms with Crippen LogP contribution in [0.1, 0.15) is 41.5 Å². The van der Waals surface area contributed by atoms with E-state index < -0.39 is 0 Å². The zero-order valence-corrected chi connectivity index (χ0v) is 10.2. The van der Waals surface area contributed by atoms with Crippen molar-refractivity contribution in [2.45, 2.75) is 47.6 Å². The highest BCUT2D eigenvalue weighted by molar-refractivity contribution is 5.28. The summed E-state index contributed by atoms with van der Waals surface area (Å²) in [5, 5.41) is 3.28. The molecule has 1 nitrogen and oxygen atoms in total. The van der Waals surface area contributed by atoms with Crippen LogP contribution >= 0.6 is 0 Å². The van der Waals surface area contributed by atoms with Crippen molar-refractivity contribution in [1.82, 2.24) is 5.32 Å². The Morgan fingerprint density at radius 1 is 1.14 bits per heavy atom. The number of hydrogen-bond donors (Lipinski definition) is 1. The molecule has 0 amide bonds. The molecule has 1 aliphatic heterocycles. The van der Waals surface area contributed by atoms with Crippen LogP contribution in [0, 0.1) is 17.0 Å². The lowest BCUT2D eigenvalue weighted by Crippen LogP contribution is -2.38. The molecule has 1 aliphatic rings. The van der Waals surface area contributed by atoms with Crippen LogP contribution in [0.25, 0.3) is 0 Å². The van der Waals surface area contributed by atoms with Crippen LogP contribution in [0.4, 0.5) is 0 Å². The van der Waals surface area contributed by atoms with Crippen LogP contribution in [0.2, 0.25) is 0 Å². The summed E-state index contributed by atoms with van der Waals surface area (Å²) in [7, 11) is 0. The quantitative estimate of drug-likeness (QED) is 0.621. The number of nitrogens with one attached hydrogen (secondary N) is 1. The Morgan fingerprint density at radius 3 is 2.14 bits per heavy atom. The lowest BCUT2D eigenvalue weighted by molar-refractivity contribution is 0.325. The molecule has 1 N–H and O–H groups in total. The number of dihydropyridines is 1. The molecule has 0 aromatic heterocycles. The summed E-state index contributed by atoms with van der Waals surface area (Å²) >= 11 is 0. The minimum atomic E-state index is 0.221. The van der Waals surface area contributed by atoms with Gasteiger partial charge in [0, 0.05) is 6.04 Å². The van der Waals surface area contributed by atoms with Crippen LogP contribution in [0.5, 0.6) is 0 Å². The first kappa shape index (κ1) is 11.4. The molecular formula is C13H22N. The van der Waals surface area contributed by atoms with Gasteiger partial charge in [0.2, 0.25) is 0 Å². The predicted molar refractivity (Wildman–Crippen MR) is 61.7 cm³/mol. The molecule has 0 bridgehead atoms. The fourth-order valence-corrected chi connectivity index (χ4v) is 1.41. The normalized spacial score (nSPS) is 23.0. The van der Waals surface area contributed by atoms with E-state index in [1.165, 1.54) is 5.57 Å². The van der Waals surface area contributed by atoms with Crippen LogP contribution in [0.3, 0.4) is 0 Å². The molecular weight excluding hydrogens is 170 g/mol. The number of rotatable bonds is 0. The maximum absolute atomic E-state index is 3.28. The van der Waals surface area contributed by atoms with Gasteiger partial charge in [-0.05, 0) is 22.5 Å². The molecule has 1 radical (unpaired) electrons. The molecule has 0 aliphatic carbocycles. The van der Waals surface area contributed by atoms with Crippen LogP contribution < -0.4 is 5.32 Å². The summed E-state index contributed by atoms with van der Waals surface area (Å²) in [5.41, 5.74) is 1.84. The van der Waals surface area contributed by atoms with E-state index in [1.54, 1.807) is 0 Å². The van der Waals surface area contributed by atoms with E-state index in [2.05, 4.69) is 65.2 Å². The fraction of sp³-hybridized carbons (Fsp3) is 0.692. The molecule has 0 fully saturated rings. The van der Waals surface area contributed by atoms with Crippen molar-refractivity contribution < 1.29 is 0 Å². The van der Waals surface area contributed by atoms with Crippen LogP contribution in [-0.2, 0) is 0 Å². The third-order valence-corrected chi connectivity index (χ3v) is 2.61. The third kappa shape index (κ3) is 2.63. The minimum absolute atomic E-state index is 0.221. The van der Waals surface area contributed by atoms with Crippen molar-refractivity contribution >= 4 is 0 Å². The van der Waals surface area contributed by atoms with Crippen molar-refractivity contribution in [2.24, 2.45) is 10.8 Å². The highest BCUT2D eigenvalue weighted by atomic mass is 14.9. The largest absolute Gasteiger partial charge is 0.377 e. The first-order valence-corrected chi connectivity index (χ1v) is 5.28. The van der Waals surface area contributed by atoms with E-state index in [-0.39, 0.29) is 10.8 Å². The lowest BCUT2D eigenvalue weighted by atomic mass is 9.79. The first-order chi connectivity index (χ1) is 6.21. The van der Waals surface area contributed by atoms with Gasteiger partial charge in [0.05, 0.1) is 6.20 Å². The Labute approximate surface area is 88.3 Å². The molecule has 1 heteroatoms. The van der Waals surface area contributed by atoms with Gasteiger partial charge >= 0.3 is 0 Å². The van der Waals surface area contributed by atoms with Gasteiger partial charge in [0.25, 0.3) is 0 Å². The van der Waals surface area contributed by atoms with Crippen LogP contribution in [-0.4, -0.2) is 6.04 Å². The summed E-state index contributed by atoms with van der Waals surface area (Å²) in [6, 6.07) is 0.390. The highest BCUT2D eigenvalue weighted by Gasteiger charge is 2.26. The number of hydrogen-bond acceptors (Lipinski definition) is 1.